The largest absolute Gasteiger partial charge is 0.460 e. The number of guanidine groups is 2. The van der Waals surface area contributed by atoms with Gasteiger partial charge in [-0.25, -0.2) is 68.7 Å². The first-order chi connectivity index (χ1) is 37.5. The molecule has 0 saturated heterocycles. The van der Waals surface area contributed by atoms with E-state index in [-0.39, 0.29) is 116 Å². The second-order valence-corrected chi connectivity index (χ2v) is 20.3. The number of Topliss-reactive ketones (excluding diaryl/α,β-unsaturated/α-hetero) is 1. The Hall–Kier alpha value is -5.79. The average molecular weight is 1350 g/mol. The summed E-state index contributed by atoms with van der Waals surface area (Å²) in [6, 6.07) is -2.56. The number of alkyl halides is 17. The molecule has 40 heteroatoms. The van der Waals surface area contributed by atoms with Crippen LogP contribution in [0.2, 0.25) is 0 Å². The Morgan fingerprint density at radius 1 is 0.675 bits per heavy atom. The van der Waals surface area contributed by atoms with Crippen LogP contribution in [-0.4, -0.2) is 132 Å². The van der Waals surface area contributed by atoms with Crippen LogP contribution in [0.1, 0.15) is 101 Å². The molecule has 0 unspecified atom stereocenters. The van der Waals surface area contributed by atoms with Gasteiger partial charge < -0.3 is 38.3 Å². The molecule has 5 aliphatic carbocycles. The Kier molecular flexibility index (Phi) is 28.9. The molecule has 5 aliphatic rings. The number of ether oxygens (including phenoxy) is 1. The van der Waals surface area contributed by atoms with E-state index in [1.807, 2.05) is 0 Å². The Labute approximate surface area is 483 Å². The van der Waals surface area contributed by atoms with Gasteiger partial charge in [0, 0.05) is 100 Å². The fourth-order valence-electron chi connectivity index (χ4n) is 6.60. The fourth-order valence-corrected chi connectivity index (χ4v) is 8.36. The maximum absolute atomic E-state index is 13.0. The molecular weight excluding hydrogens is 1290 g/mol. The molecule has 0 aromatic carbocycles. The molecule has 0 spiro atoms. The minimum absolute atomic E-state index is 0. The number of hydrogen-bond donors (Lipinski definition) is 7. The average Bonchev–Trinajstić information content (AvgIpc) is 3.99. The summed E-state index contributed by atoms with van der Waals surface area (Å²) < 4.78 is 204. The number of aliphatic imine (C=N–C) groups is 2. The minimum Gasteiger partial charge on any atom is -0.460 e. The van der Waals surface area contributed by atoms with E-state index in [0.29, 0.717) is 34.8 Å². The number of carbonyl (C=O) groups is 3. The highest BCUT2D eigenvalue weighted by molar-refractivity contribution is 9.09. The van der Waals surface area contributed by atoms with Crippen LogP contribution in [0.5, 0.6) is 0 Å². The number of nitrogens with one attached hydrogen (secondary N) is 3. The summed E-state index contributed by atoms with van der Waals surface area (Å²) in [7, 11) is 0. The predicted octanol–water partition coefficient (Wildman–Crippen LogP) is 8.54. The lowest BCUT2D eigenvalue weighted by Crippen LogP contribution is -2.47. The summed E-state index contributed by atoms with van der Waals surface area (Å²) in [4.78, 5) is 72.6. The van der Waals surface area contributed by atoms with Gasteiger partial charge in [0.25, 0.3) is 29.6 Å². The van der Waals surface area contributed by atoms with E-state index in [2.05, 4.69) is 77.3 Å². The number of aryl methyl sites for hydroxylation is 1. The Morgan fingerprint density at radius 2 is 1.07 bits per heavy atom. The van der Waals surface area contributed by atoms with Gasteiger partial charge in [-0.2, -0.15) is 50.9 Å². The molecule has 0 radical (unpaired) electrons. The topological polar surface area (TPSA) is 324 Å². The van der Waals surface area contributed by atoms with Crippen LogP contribution in [0, 0.1) is 0 Å². The molecule has 3 heterocycles. The van der Waals surface area contributed by atoms with Crippen LogP contribution in [0.15, 0.2) is 20.7 Å². The van der Waals surface area contributed by atoms with E-state index in [4.69, 9.17) is 26.8 Å². The lowest BCUT2D eigenvalue weighted by Gasteiger charge is -2.36. The van der Waals surface area contributed by atoms with E-state index in [1.165, 1.54) is 12.3 Å². The number of esters is 1. The first kappa shape index (κ1) is 75.2. The maximum Gasteiger partial charge on any atom is 0.443 e. The van der Waals surface area contributed by atoms with Gasteiger partial charge >= 0.3 is 24.5 Å². The number of anilines is 2. The number of carbonyl (C=O) groups excluding carboxylic acids is 5. The Balaban J connectivity index is 0.000000548. The smallest absolute Gasteiger partial charge is 0.443 e. The highest BCUT2D eigenvalue weighted by Gasteiger charge is 2.49. The number of thiazole rings is 2. The van der Waals surface area contributed by atoms with E-state index in [1.54, 1.807) is 13.8 Å². The molecule has 5 fully saturated rings. The van der Waals surface area contributed by atoms with Crippen LogP contribution in [0.25, 0.3) is 10.8 Å². The van der Waals surface area contributed by atoms with Gasteiger partial charge in [-0.05, 0) is 13.3 Å². The lowest BCUT2D eigenvalue weighted by atomic mass is 9.88. The Bertz CT molecular complexity index is 2560. The van der Waals surface area contributed by atoms with E-state index >= 15 is 0 Å². The third kappa shape index (κ3) is 28.6. The molecule has 5 saturated carbocycles. The zero-order chi connectivity index (χ0) is 62.8. The van der Waals surface area contributed by atoms with Gasteiger partial charge in [-0.3, -0.25) is 14.9 Å². The molecule has 3 aromatic rings. The van der Waals surface area contributed by atoms with E-state index in [9.17, 15) is 84.6 Å². The second-order valence-electron chi connectivity index (χ2n) is 18.0. The van der Waals surface area contributed by atoms with Gasteiger partial charge in [0.2, 0.25) is 23.6 Å². The number of nitrogens with two attached hydrogens (primary N) is 4. The quantitative estimate of drug-likeness (QED) is 0.0236. The predicted molar refractivity (Wildman–Crippen MR) is 273 cm³/mol. The zero-order valence-corrected chi connectivity index (χ0v) is 47.3. The molecule has 83 heavy (non-hydrogen) atoms. The second kappa shape index (κ2) is 31.9. The van der Waals surface area contributed by atoms with Crippen molar-refractivity contribution in [1.29, 1.82) is 0 Å². The van der Waals surface area contributed by atoms with Gasteiger partial charge in [-0.1, -0.05) is 22.9 Å². The Morgan fingerprint density at radius 3 is 1.34 bits per heavy atom. The number of hydrogen-bond acceptors (Lipinski definition) is 18. The van der Waals surface area contributed by atoms with E-state index in [0.717, 1.165) is 5.38 Å². The molecule has 8 rings (SSSR count). The fraction of sp³-hybridized carbons (Fsp3) is 0.651. The van der Waals surface area contributed by atoms with Crippen molar-refractivity contribution in [3.63, 3.8) is 0 Å². The number of halogens is 18. The SMILES string of the molecule is CC(N)=O.CCOC(=O)C(=O)CBr.CCc1csc(C(F)(F)F)n1.Cl.FC1(F)CC(Nc2nc(NC3CC(F)(F)C3)nc(-c3nc(C(F)(F)F)cs3)n2)C1.NC(=NC1CC(F)(F)C1)NC(N)=NC1CC(F)(F)C1.NC1CC(F)(F)C1.O=C=O. The van der Waals surface area contributed by atoms with Gasteiger partial charge in [-0.15, -0.1) is 35.1 Å². The number of aromatic nitrogens is 5. The van der Waals surface area contributed by atoms with Crippen molar-refractivity contribution in [3.05, 3.63) is 27.2 Å². The molecule has 0 aliphatic heterocycles. The normalized spacial score (nSPS) is 19.2. The molecule has 11 N–H and O–H groups in total. The minimum atomic E-state index is -4.65. The van der Waals surface area contributed by atoms with Gasteiger partial charge in [0.1, 0.15) is 0 Å². The standard InChI is InChI=1S/C15H13F7N6S.C10H15F4N5.C6H6F3NS.C5H7BrO3.C4H7F2N.C2H5NO.CO2.ClH/c16-13(17)1-6(2-13)23-11-26-9(10-25-8(5-29-10)15(20,21)22)27-12(28-11)24-7-3-14(18,19)4-7;11-9(12)1-5(2-9)17-7(15)19-8(16)18-6-3-10(13,14)4-6;1-2-4-3-11-5(10-4)6(7,8)9;1-2-9-5(8)4(7)3-6;5-4(6)1-3(7)2-4;1-2(3)4;2-1-3;/h5-7H,1-4H2,(H2,23,24,26,27,28);5-6H,1-4H2,(H5,15,16,17,18,19);3H,2H2,1H3;2-3H2,1H3;3H,1-2,7H2;1H3,(H2,3,4);;1H. The monoisotopic (exact) mass is 1340 g/mol. The summed E-state index contributed by atoms with van der Waals surface area (Å²) >= 11 is 4.12. The maximum atomic E-state index is 13.0. The summed E-state index contributed by atoms with van der Waals surface area (Å²) in [6.07, 6.45) is -11.5. The van der Waals surface area contributed by atoms with Crippen LogP contribution >= 0.6 is 51.0 Å². The number of ketones is 1. The summed E-state index contributed by atoms with van der Waals surface area (Å²) in [6.45, 7) is 4.98. The summed E-state index contributed by atoms with van der Waals surface area (Å²) in [5, 5.41) is 9.08. The van der Waals surface area contributed by atoms with Crippen molar-refractivity contribution in [2.24, 2.45) is 32.9 Å². The molecule has 3 aromatic heterocycles. The molecule has 470 valence electrons. The first-order valence-corrected chi connectivity index (χ1v) is 26.4. The number of primary amides is 1. The summed E-state index contributed by atoms with van der Waals surface area (Å²) in [5.74, 6) is -15.8. The zero-order valence-electron chi connectivity index (χ0n) is 43.3. The highest BCUT2D eigenvalue weighted by Crippen LogP contribution is 2.43. The lowest BCUT2D eigenvalue weighted by molar-refractivity contribution is -0.192. The van der Waals surface area contributed by atoms with Crippen LogP contribution in [0.3, 0.4) is 0 Å². The highest BCUT2D eigenvalue weighted by atomic mass is 79.9. The molecule has 0 atom stereocenters. The number of rotatable bonds is 11. The van der Waals surface area contributed by atoms with Crippen molar-refractivity contribution >= 4 is 98.6 Å². The van der Waals surface area contributed by atoms with Crippen molar-refractivity contribution < 1.29 is 99.0 Å². The molecule has 1 amide bonds. The number of nitrogens with zero attached hydrogens (tertiary/aromatic N) is 7. The van der Waals surface area contributed by atoms with Crippen LogP contribution in [-0.2, 0) is 47.5 Å². The third-order valence-corrected chi connectivity index (χ3v) is 12.7. The van der Waals surface area contributed by atoms with Crippen molar-refractivity contribution in [2.75, 3.05) is 22.6 Å². The van der Waals surface area contributed by atoms with Crippen molar-refractivity contribution in [1.82, 2.24) is 30.2 Å². The molecular formula is C43H54BrClF16N14O6S2. The first-order valence-electron chi connectivity index (χ1n) is 23.5. The van der Waals surface area contributed by atoms with Crippen LogP contribution < -0.4 is 38.9 Å². The van der Waals surface area contributed by atoms with E-state index < -0.39 is 114 Å². The summed E-state index contributed by atoms with van der Waals surface area (Å²) in [5.41, 5.74) is 19.8. The molecule has 0 bridgehead atoms. The number of amides is 1. The van der Waals surface area contributed by atoms with Gasteiger partial charge in [0.15, 0.2) is 33.5 Å². The molecule has 20 nitrogen and oxygen atoms in total. The third-order valence-electron chi connectivity index (χ3n) is 10.4. The van der Waals surface area contributed by atoms with Crippen LogP contribution in [0.4, 0.5) is 82.1 Å². The van der Waals surface area contributed by atoms with Gasteiger partial charge in [0.05, 0.1) is 29.7 Å². The van der Waals surface area contributed by atoms with Crippen molar-refractivity contribution in [2.45, 2.75) is 164 Å². The van der Waals surface area contributed by atoms with Crippen molar-refractivity contribution in [3.8, 4) is 10.8 Å².